The van der Waals surface area contributed by atoms with Crippen molar-refractivity contribution in [3.63, 3.8) is 0 Å². The van der Waals surface area contributed by atoms with Gasteiger partial charge in [-0.15, -0.1) is 0 Å². The van der Waals surface area contributed by atoms with Crippen LogP contribution in [0.3, 0.4) is 0 Å². The average Bonchev–Trinajstić information content (AvgIpc) is 2.62. The van der Waals surface area contributed by atoms with Crippen molar-refractivity contribution in [2.75, 3.05) is 0 Å². The van der Waals surface area contributed by atoms with Crippen LogP contribution < -0.4 is 0 Å². The maximum atomic E-state index is 9.04. The molecule has 60 valence electrons. The molecular weight excluding hydrogens is 128 g/mol. The van der Waals surface area contributed by atoms with E-state index in [1.165, 1.54) is 12.8 Å². The summed E-state index contributed by atoms with van der Waals surface area (Å²) in [5.41, 5.74) is 0. The molecule has 1 aliphatic heterocycles. The number of hydrogen-bond donors (Lipinski definition) is 1. The van der Waals surface area contributed by atoms with Crippen LogP contribution in [0.25, 0.3) is 0 Å². The van der Waals surface area contributed by atoms with E-state index in [2.05, 4.69) is 6.92 Å². The Morgan fingerprint density at radius 2 is 2.30 bits per heavy atom. The van der Waals surface area contributed by atoms with Gasteiger partial charge >= 0.3 is 0 Å². The zero-order chi connectivity index (χ0) is 7.56. The van der Waals surface area contributed by atoms with Crippen LogP contribution in [-0.2, 0) is 4.74 Å². The second-order valence-electron chi connectivity index (χ2n) is 3.02. The Labute approximate surface area is 62.2 Å². The van der Waals surface area contributed by atoms with Crippen LogP contribution in [0.1, 0.15) is 33.1 Å². The molecule has 1 N–H and O–H groups in total. The van der Waals surface area contributed by atoms with Crippen LogP contribution in [0.4, 0.5) is 0 Å². The molecule has 2 nitrogen and oxygen atoms in total. The van der Waals surface area contributed by atoms with E-state index in [4.69, 9.17) is 9.84 Å². The fourth-order valence-corrected chi connectivity index (χ4v) is 1.22. The molecular formula is C8H16O2. The quantitative estimate of drug-likeness (QED) is 0.604. The molecule has 1 fully saturated rings. The SMILES string of the molecule is CCCC[C@@H]1O[C@H]1[C@@H](C)O. The minimum atomic E-state index is -0.276. The monoisotopic (exact) mass is 144 g/mol. The average molecular weight is 144 g/mol. The second kappa shape index (κ2) is 3.35. The summed E-state index contributed by atoms with van der Waals surface area (Å²) in [5.74, 6) is 0. The lowest BCUT2D eigenvalue weighted by molar-refractivity contribution is 0.152. The number of epoxide rings is 1. The summed E-state index contributed by atoms with van der Waals surface area (Å²) in [6.07, 6.45) is 3.78. The van der Waals surface area contributed by atoms with E-state index in [0.29, 0.717) is 6.10 Å². The van der Waals surface area contributed by atoms with Crippen molar-refractivity contribution in [1.29, 1.82) is 0 Å². The molecule has 0 aromatic rings. The van der Waals surface area contributed by atoms with Crippen LogP contribution in [0.5, 0.6) is 0 Å². The van der Waals surface area contributed by atoms with Crippen LogP contribution in [0.2, 0.25) is 0 Å². The molecule has 0 radical (unpaired) electrons. The highest BCUT2D eigenvalue weighted by molar-refractivity contribution is 4.88. The van der Waals surface area contributed by atoms with Crippen molar-refractivity contribution >= 4 is 0 Å². The van der Waals surface area contributed by atoms with Crippen LogP contribution in [0.15, 0.2) is 0 Å². The maximum absolute atomic E-state index is 9.04. The van der Waals surface area contributed by atoms with Gasteiger partial charge in [0.15, 0.2) is 0 Å². The van der Waals surface area contributed by atoms with Crippen LogP contribution in [0, 0.1) is 0 Å². The van der Waals surface area contributed by atoms with Gasteiger partial charge in [-0.2, -0.15) is 0 Å². The molecule has 0 amide bonds. The van der Waals surface area contributed by atoms with Gasteiger partial charge in [-0.05, 0) is 13.3 Å². The summed E-state index contributed by atoms with van der Waals surface area (Å²) in [6, 6.07) is 0. The lowest BCUT2D eigenvalue weighted by atomic mass is 10.1. The minimum Gasteiger partial charge on any atom is -0.391 e. The topological polar surface area (TPSA) is 32.8 Å². The summed E-state index contributed by atoms with van der Waals surface area (Å²) in [5, 5.41) is 9.04. The number of aliphatic hydroxyl groups is 1. The highest BCUT2D eigenvalue weighted by Gasteiger charge is 2.41. The van der Waals surface area contributed by atoms with Crippen LogP contribution in [-0.4, -0.2) is 23.4 Å². The molecule has 0 spiro atoms. The van der Waals surface area contributed by atoms with Crippen molar-refractivity contribution in [3.8, 4) is 0 Å². The summed E-state index contributed by atoms with van der Waals surface area (Å²) in [7, 11) is 0. The lowest BCUT2D eigenvalue weighted by Crippen LogP contribution is -2.11. The molecule has 1 heterocycles. The minimum absolute atomic E-state index is 0.145. The summed E-state index contributed by atoms with van der Waals surface area (Å²) in [4.78, 5) is 0. The van der Waals surface area contributed by atoms with Crippen molar-refractivity contribution in [3.05, 3.63) is 0 Å². The van der Waals surface area contributed by atoms with E-state index >= 15 is 0 Å². The molecule has 10 heavy (non-hydrogen) atoms. The van der Waals surface area contributed by atoms with Gasteiger partial charge in [0.05, 0.1) is 12.2 Å². The van der Waals surface area contributed by atoms with Gasteiger partial charge in [0.25, 0.3) is 0 Å². The van der Waals surface area contributed by atoms with E-state index in [0.717, 1.165) is 6.42 Å². The van der Waals surface area contributed by atoms with E-state index in [9.17, 15) is 0 Å². The van der Waals surface area contributed by atoms with E-state index in [1.54, 1.807) is 6.92 Å². The van der Waals surface area contributed by atoms with Gasteiger partial charge < -0.3 is 9.84 Å². The van der Waals surface area contributed by atoms with Gasteiger partial charge in [0.2, 0.25) is 0 Å². The zero-order valence-electron chi connectivity index (χ0n) is 6.71. The fraction of sp³-hybridized carbons (Fsp3) is 1.00. The number of hydrogen-bond acceptors (Lipinski definition) is 2. The predicted octanol–water partition coefficient (Wildman–Crippen LogP) is 1.32. The summed E-state index contributed by atoms with van der Waals surface area (Å²) < 4.78 is 5.23. The molecule has 1 aliphatic rings. The number of rotatable bonds is 4. The first-order chi connectivity index (χ1) is 4.75. The van der Waals surface area contributed by atoms with Crippen molar-refractivity contribution in [2.45, 2.75) is 51.4 Å². The molecule has 0 bridgehead atoms. The van der Waals surface area contributed by atoms with Gasteiger partial charge in [-0.25, -0.2) is 0 Å². The largest absolute Gasteiger partial charge is 0.391 e. The fourth-order valence-electron chi connectivity index (χ4n) is 1.22. The molecule has 0 aliphatic carbocycles. The predicted molar refractivity (Wildman–Crippen MR) is 39.9 cm³/mol. The molecule has 1 rings (SSSR count). The highest BCUT2D eigenvalue weighted by atomic mass is 16.6. The molecule has 0 aromatic carbocycles. The molecule has 3 atom stereocenters. The first-order valence-electron chi connectivity index (χ1n) is 4.09. The Morgan fingerprint density at radius 1 is 1.60 bits per heavy atom. The van der Waals surface area contributed by atoms with E-state index in [1.807, 2.05) is 0 Å². The Kier molecular flexibility index (Phi) is 2.69. The molecule has 0 unspecified atom stereocenters. The third-order valence-electron chi connectivity index (χ3n) is 1.94. The first kappa shape index (κ1) is 8.02. The number of aliphatic hydroxyl groups excluding tert-OH is 1. The molecule has 2 heteroatoms. The zero-order valence-corrected chi connectivity index (χ0v) is 6.71. The number of ether oxygens (including phenoxy) is 1. The third-order valence-corrected chi connectivity index (χ3v) is 1.94. The summed E-state index contributed by atoms with van der Waals surface area (Å²) in [6.45, 7) is 3.95. The molecule has 0 saturated carbocycles. The Balaban J connectivity index is 2.02. The lowest BCUT2D eigenvalue weighted by Gasteiger charge is -1.95. The first-order valence-corrected chi connectivity index (χ1v) is 4.09. The molecule has 1 saturated heterocycles. The van der Waals surface area contributed by atoms with E-state index < -0.39 is 0 Å². The van der Waals surface area contributed by atoms with E-state index in [-0.39, 0.29) is 12.2 Å². The Morgan fingerprint density at radius 3 is 2.70 bits per heavy atom. The highest BCUT2D eigenvalue weighted by Crippen LogP contribution is 2.29. The van der Waals surface area contributed by atoms with Crippen molar-refractivity contribution in [2.24, 2.45) is 0 Å². The van der Waals surface area contributed by atoms with Gasteiger partial charge in [0.1, 0.15) is 6.10 Å². The third kappa shape index (κ3) is 1.96. The Bertz CT molecular complexity index is 101. The maximum Gasteiger partial charge on any atom is 0.110 e. The Hall–Kier alpha value is -0.0800. The van der Waals surface area contributed by atoms with Crippen molar-refractivity contribution in [1.82, 2.24) is 0 Å². The van der Waals surface area contributed by atoms with Crippen LogP contribution >= 0.6 is 0 Å². The standard InChI is InChI=1S/C8H16O2/c1-3-4-5-7-8(10-7)6(2)9/h6-9H,3-5H2,1-2H3/t6-,7+,8+/m1/s1. The smallest absolute Gasteiger partial charge is 0.110 e. The molecule has 0 aromatic heterocycles. The normalized spacial score (nSPS) is 33.9. The summed E-state index contributed by atoms with van der Waals surface area (Å²) >= 11 is 0. The van der Waals surface area contributed by atoms with Gasteiger partial charge in [-0.1, -0.05) is 19.8 Å². The van der Waals surface area contributed by atoms with Gasteiger partial charge in [-0.3, -0.25) is 0 Å². The van der Waals surface area contributed by atoms with Gasteiger partial charge in [0, 0.05) is 0 Å². The number of unbranched alkanes of at least 4 members (excludes halogenated alkanes) is 1. The van der Waals surface area contributed by atoms with Crippen molar-refractivity contribution < 1.29 is 9.84 Å². The second-order valence-corrected chi connectivity index (χ2v) is 3.02.